The zero-order valence-electron chi connectivity index (χ0n) is 11.9. The smallest absolute Gasteiger partial charge is 0.0292 e. The maximum absolute atomic E-state index is 6.20. The summed E-state index contributed by atoms with van der Waals surface area (Å²) in [6, 6.07) is 15.1. The summed E-state index contributed by atoms with van der Waals surface area (Å²) in [5.74, 6) is 0.787. The number of fused-ring (bicyclic) bond motifs is 1. The molecule has 0 radical (unpaired) electrons. The fourth-order valence-corrected chi connectivity index (χ4v) is 3.75. The molecule has 1 aliphatic rings. The van der Waals surface area contributed by atoms with E-state index in [-0.39, 0.29) is 0 Å². The van der Waals surface area contributed by atoms with Crippen LogP contribution in [0, 0.1) is 5.41 Å². The van der Waals surface area contributed by atoms with E-state index in [4.69, 9.17) is 11.6 Å². The van der Waals surface area contributed by atoms with Crippen LogP contribution >= 0.6 is 11.6 Å². The lowest BCUT2D eigenvalue weighted by Gasteiger charge is -2.26. The molecule has 0 bridgehead atoms. The normalized spacial score (nSPS) is 17.6. The highest BCUT2D eigenvalue weighted by Gasteiger charge is 2.32. The van der Waals surface area contributed by atoms with E-state index in [2.05, 4.69) is 47.8 Å². The van der Waals surface area contributed by atoms with Crippen LogP contribution in [0.15, 0.2) is 42.5 Å². The predicted molar refractivity (Wildman–Crippen MR) is 87.3 cm³/mol. The summed E-state index contributed by atoms with van der Waals surface area (Å²) in [6.45, 7) is 1.97. The first-order valence-corrected chi connectivity index (χ1v) is 8.10. The van der Waals surface area contributed by atoms with Gasteiger partial charge in [-0.1, -0.05) is 55.3 Å². The SMILES string of the molecule is ClCC1(CNCc2cccc3ccccc23)CCCC1. The molecular formula is C18H22ClN. The Morgan fingerprint density at radius 2 is 1.75 bits per heavy atom. The van der Waals surface area contributed by atoms with Crippen molar-refractivity contribution in [3.8, 4) is 0 Å². The number of hydrogen-bond donors (Lipinski definition) is 1. The van der Waals surface area contributed by atoms with Gasteiger partial charge in [0.2, 0.25) is 0 Å². The van der Waals surface area contributed by atoms with Crippen LogP contribution in [0.3, 0.4) is 0 Å². The standard InChI is InChI=1S/C18H22ClN/c19-13-18(10-3-4-11-18)14-20-12-16-8-5-7-15-6-1-2-9-17(15)16/h1-2,5-9,20H,3-4,10-14H2. The first kappa shape index (κ1) is 13.9. The number of halogens is 1. The number of rotatable bonds is 5. The fourth-order valence-electron chi connectivity index (χ4n) is 3.39. The maximum atomic E-state index is 6.20. The zero-order valence-corrected chi connectivity index (χ0v) is 12.6. The lowest BCUT2D eigenvalue weighted by atomic mass is 9.88. The van der Waals surface area contributed by atoms with Crippen molar-refractivity contribution in [1.29, 1.82) is 0 Å². The Balaban J connectivity index is 1.68. The third-order valence-electron chi connectivity index (χ3n) is 4.64. The monoisotopic (exact) mass is 287 g/mol. The van der Waals surface area contributed by atoms with Crippen molar-refractivity contribution in [3.05, 3.63) is 48.0 Å². The molecule has 1 aliphatic carbocycles. The summed E-state index contributed by atoms with van der Waals surface area (Å²) in [6.07, 6.45) is 5.23. The lowest BCUT2D eigenvalue weighted by molar-refractivity contribution is 0.320. The van der Waals surface area contributed by atoms with Crippen LogP contribution in [-0.4, -0.2) is 12.4 Å². The van der Waals surface area contributed by atoms with Crippen LogP contribution in [0.25, 0.3) is 10.8 Å². The van der Waals surface area contributed by atoms with E-state index in [1.54, 1.807) is 0 Å². The Kier molecular flexibility index (Phi) is 4.28. The summed E-state index contributed by atoms with van der Waals surface area (Å²) in [5, 5.41) is 6.32. The van der Waals surface area contributed by atoms with Crippen molar-refractivity contribution in [3.63, 3.8) is 0 Å². The second-order valence-electron chi connectivity index (χ2n) is 6.08. The van der Waals surface area contributed by atoms with Gasteiger partial charge in [0, 0.05) is 19.0 Å². The average Bonchev–Trinajstić information content (AvgIpc) is 2.97. The van der Waals surface area contributed by atoms with Crippen LogP contribution in [0.2, 0.25) is 0 Å². The number of hydrogen-bond acceptors (Lipinski definition) is 1. The summed E-state index contributed by atoms with van der Waals surface area (Å²) in [7, 11) is 0. The molecule has 1 fully saturated rings. The summed E-state index contributed by atoms with van der Waals surface area (Å²) < 4.78 is 0. The second-order valence-corrected chi connectivity index (χ2v) is 6.35. The molecule has 106 valence electrons. The largest absolute Gasteiger partial charge is 0.312 e. The number of nitrogens with one attached hydrogen (secondary N) is 1. The van der Waals surface area contributed by atoms with E-state index in [1.165, 1.54) is 42.0 Å². The van der Waals surface area contributed by atoms with Crippen molar-refractivity contribution >= 4 is 22.4 Å². The molecule has 0 atom stereocenters. The highest BCUT2D eigenvalue weighted by Crippen LogP contribution is 2.38. The molecule has 0 aromatic heterocycles. The van der Waals surface area contributed by atoms with Gasteiger partial charge in [-0.3, -0.25) is 0 Å². The predicted octanol–water partition coefficient (Wildman–Crippen LogP) is 4.73. The summed E-state index contributed by atoms with van der Waals surface area (Å²) in [4.78, 5) is 0. The van der Waals surface area contributed by atoms with Crippen LogP contribution in [0.5, 0.6) is 0 Å². The summed E-state index contributed by atoms with van der Waals surface area (Å²) >= 11 is 6.20. The quantitative estimate of drug-likeness (QED) is 0.784. The van der Waals surface area contributed by atoms with E-state index in [1.807, 2.05) is 0 Å². The van der Waals surface area contributed by atoms with E-state index < -0.39 is 0 Å². The van der Waals surface area contributed by atoms with Gasteiger partial charge < -0.3 is 5.32 Å². The van der Waals surface area contributed by atoms with E-state index in [9.17, 15) is 0 Å². The van der Waals surface area contributed by atoms with Crippen molar-refractivity contribution in [2.24, 2.45) is 5.41 Å². The first-order valence-electron chi connectivity index (χ1n) is 7.56. The zero-order chi connectivity index (χ0) is 13.8. The summed E-state index contributed by atoms with van der Waals surface area (Å²) in [5.41, 5.74) is 1.72. The number of benzene rings is 2. The van der Waals surface area contributed by atoms with Crippen LogP contribution in [-0.2, 0) is 6.54 Å². The van der Waals surface area contributed by atoms with Gasteiger partial charge in [0.25, 0.3) is 0 Å². The Bertz CT molecular complexity index is 567. The van der Waals surface area contributed by atoms with Crippen LogP contribution in [0.1, 0.15) is 31.2 Å². The molecular weight excluding hydrogens is 266 g/mol. The van der Waals surface area contributed by atoms with Crippen molar-refractivity contribution < 1.29 is 0 Å². The minimum atomic E-state index is 0.339. The Morgan fingerprint density at radius 1 is 1.00 bits per heavy atom. The van der Waals surface area contributed by atoms with Gasteiger partial charge in [0.1, 0.15) is 0 Å². The topological polar surface area (TPSA) is 12.0 Å². The van der Waals surface area contributed by atoms with E-state index >= 15 is 0 Å². The molecule has 0 aliphatic heterocycles. The number of alkyl halides is 1. The molecule has 0 heterocycles. The van der Waals surface area contributed by atoms with E-state index in [0.29, 0.717) is 5.41 Å². The molecule has 2 heteroatoms. The van der Waals surface area contributed by atoms with Crippen molar-refractivity contribution in [2.45, 2.75) is 32.2 Å². The van der Waals surface area contributed by atoms with Gasteiger partial charge in [-0.2, -0.15) is 0 Å². The fraction of sp³-hybridized carbons (Fsp3) is 0.444. The van der Waals surface area contributed by atoms with Gasteiger partial charge in [-0.15, -0.1) is 11.6 Å². The minimum Gasteiger partial charge on any atom is -0.312 e. The molecule has 0 spiro atoms. The Labute approximate surface area is 126 Å². The van der Waals surface area contributed by atoms with Gasteiger partial charge in [-0.05, 0) is 34.6 Å². The Morgan fingerprint density at radius 3 is 2.55 bits per heavy atom. The third-order valence-corrected chi connectivity index (χ3v) is 5.21. The van der Waals surface area contributed by atoms with Crippen LogP contribution in [0.4, 0.5) is 0 Å². The van der Waals surface area contributed by atoms with Gasteiger partial charge in [0.15, 0.2) is 0 Å². The molecule has 1 saturated carbocycles. The highest BCUT2D eigenvalue weighted by molar-refractivity contribution is 6.18. The molecule has 2 aromatic rings. The lowest BCUT2D eigenvalue weighted by Crippen LogP contribution is -2.33. The molecule has 0 amide bonds. The molecule has 0 unspecified atom stereocenters. The highest BCUT2D eigenvalue weighted by atomic mass is 35.5. The minimum absolute atomic E-state index is 0.339. The molecule has 1 N–H and O–H groups in total. The Hall–Kier alpha value is -1.05. The van der Waals surface area contributed by atoms with Crippen molar-refractivity contribution in [2.75, 3.05) is 12.4 Å². The molecule has 20 heavy (non-hydrogen) atoms. The van der Waals surface area contributed by atoms with E-state index in [0.717, 1.165) is 19.0 Å². The molecule has 0 saturated heterocycles. The first-order chi connectivity index (χ1) is 9.83. The second kappa shape index (κ2) is 6.15. The molecule has 1 nitrogen and oxygen atoms in total. The third kappa shape index (κ3) is 2.84. The average molecular weight is 288 g/mol. The van der Waals surface area contributed by atoms with Crippen LogP contribution < -0.4 is 5.32 Å². The van der Waals surface area contributed by atoms with Gasteiger partial charge in [-0.25, -0.2) is 0 Å². The van der Waals surface area contributed by atoms with Crippen molar-refractivity contribution in [1.82, 2.24) is 5.32 Å². The molecule has 2 aromatic carbocycles. The molecule has 3 rings (SSSR count). The maximum Gasteiger partial charge on any atom is 0.0292 e. The van der Waals surface area contributed by atoms with Gasteiger partial charge in [0.05, 0.1) is 0 Å². The van der Waals surface area contributed by atoms with Gasteiger partial charge >= 0.3 is 0 Å².